The molecule has 0 bridgehead atoms. The van der Waals surface area contributed by atoms with Gasteiger partial charge in [0.25, 0.3) is 5.91 Å². The molecule has 0 aromatic heterocycles. The lowest BCUT2D eigenvalue weighted by atomic mass is 10.1. The van der Waals surface area contributed by atoms with Crippen molar-refractivity contribution >= 4 is 23.5 Å². The van der Waals surface area contributed by atoms with Crippen molar-refractivity contribution < 1.29 is 32.3 Å². The molecule has 4 amide bonds. The first-order valence-electron chi connectivity index (χ1n) is 9.48. The fourth-order valence-electron chi connectivity index (χ4n) is 3.23. The smallest absolute Gasteiger partial charge is 0.406 e. The Morgan fingerprint density at radius 2 is 1.77 bits per heavy atom. The van der Waals surface area contributed by atoms with E-state index in [0.29, 0.717) is 0 Å². The minimum Gasteiger partial charge on any atom is -0.406 e. The van der Waals surface area contributed by atoms with E-state index < -0.39 is 42.0 Å². The van der Waals surface area contributed by atoms with Crippen molar-refractivity contribution in [1.29, 1.82) is 0 Å². The molecule has 2 aromatic rings. The number of imide groups is 1. The van der Waals surface area contributed by atoms with Gasteiger partial charge in [0, 0.05) is 12.1 Å². The average molecular weight is 435 g/mol. The Morgan fingerprint density at radius 1 is 1.13 bits per heavy atom. The van der Waals surface area contributed by atoms with Crippen molar-refractivity contribution in [1.82, 2.24) is 10.2 Å². The van der Waals surface area contributed by atoms with Crippen LogP contribution >= 0.6 is 0 Å². The molecule has 2 atom stereocenters. The molecule has 1 saturated heterocycles. The number of hydrogen-bond acceptors (Lipinski definition) is 4. The van der Waals surface area contributed by atoms with E-state index in [1.165, 1.54) is 12.1 Å². The quantitative estimate of drug-likeness (QED) is 0.644. The van der Waals surface area contributed by atoms with E-state index in [0.717, 1.165) is 22.6 Å². The summed E-state index contributed by atoms with van der Waals surface area (Å²) in [6.45, 7) is 1.74. The number of carbonyl (C=O) groups excluding carboxylic acids is 3. The second-order valence-electron chi connectivity index (χ2n) is 6.96. The van der Waals surface area contributed by atoms with Crippen LogP contribution in [0.3, 0.4) is 0 Å². The predicted octanol–water partition coefficient (Wildman–Crippen LogP) is 3.99. The van der Waals surface area contributed by atoms with E-state index in [1.54, 1.807) is 6.92 Å². The van der Waals surface area contributed by atoms with Crippen molar-refractivity contribution in [2.75, 3.05) is 5.32 Å². The standard InChI is InChI=1S/C21H20F3N3O4/c1-13(14-5-3-2-4-6-14)27-19(29)17(26-20(27)30)11-12-18(28)25-15-7-9-16(10-8-15)31-21(22,23)24/h2-10,13,17H,11-12H2,1H3,(H,25,28)(H,26,30)/t13-,17+/m0/s1. The van der Waals surface area contributed by atoms with E-state index >= 15 is 0 Å². The normalized spacial score (nSPS) is 17.3. The highest BCUT2D eigenvalue weighted by molar-refractivity contribution is 6.05. The molecule has 0 unspecified atom stereocenters. The largest absolute Gasteiger partial charge is 0.573 e. The number of benzene rings is 2. The lowest BCUT2D eigenvalue weighted by Crippen LogP contribution is -2.34. The van der Waals surface area contributed by atoms with E-state index in [9.17, 15) is 27.6 Å². The predicted molar refractivity (Wildman–Crippen MR) is 105 cm³/mol. The number of rotatable bonds is 7. The first-order valence-corrected chi connectivity index (χ1v) is 9.48. The van der Waals surface area contributed by atoms with Crippen LogP contribution in [0.5, 0.6) is 5.75 Å². The number of amides is 4. The van der Waals surface area contributed by atoms with Gasteiger partial charge >= 0.3 is 12.4 Å². The molecule has 1 heterocycles. The maximum absolute atomic E-state index is 12.7. The molecule has 2 aromatic carbocycles. The summed E-state index contributed by atoms with van der Waals surface area (Å²) in [6, 6.07) is 12.0. The highest BCUT2D eigenvalue weighted by Gasteiger charge is 2.40. The van der Waals surface area contributed by atoms with Gasteiger partial charge in [0.2, 0.25) is 5.91 Å². The van der Waals surface area contributed by atoms with E-state index in [2.05, 4.69) is 15.4 Å². The molecule has 10 heteroatoms. The van der Waals surface area contributed by atoms with E-state index in [4.69, 9.17) is 0 Å². The third-order valence-electron chi connectivity index (χ3n) is 4.75. The molecule has 0 saturated carbocycles. The molecular formula is C21H20F3N3O4. The Morgan fingerprint density at radius 3 is 2.39 bits per heavy atom. The zero-order valence-electron chi connectivity index (χ0n) is 16.5. The van der Waals surface area contributed by atoms with Crippen LogP contribution < -0.4 is 15.4 Å². The van der Waals surface area contributed by atoms with Crippen molar-refractivity contribution in [2.24, 2.45) is 0 Å². The number of hydrogen-bond donors (Lipinski definition) is 2. The lowest BCUT2D eigenvalue weighted by molar-refractivity contribution is -0.274. The molecule has 1 aliphatic rings. The van der Waals surface area contributed by atoms with Crippen LogP contribution in [-0.4, -0.2) is 35.1 Å². The summed E-state index contributed by atoms with van der Waals surface area (Å²) in [5.74, 6) is -1.26. The first-order chi connectivity index (χ1) is 14.6. The molecule has 0 radical (unpaired) electrons. The zero-order chi connectivity index (χ0) is 22.6. The second kappa shape index (κ2) is 9.07. The van der Waals surface area contributed by atoms with Gasteiger partial charge in [-0.05, 0) is 43.2 Å². The van der Waals surface area contributed by atoms with Crippen molar-refractivity contribution in [2.45, 2.75) is 38.2 Å². The van der Waals surface area contributed by atoms with Gasteiger partial charge in [-0.3, -0.25) is 14.5 Å². The minimum atomic E-state index is -4.80. The molecular weight excluding hydrogens is 415 g/mol. The van der Waals surface area contributed by atoms with Crippen molar-refractivity contribution in [3.63, 3.8) is 0 Å². The lowest BCUT2D eigenvalue weighted by Gasteiger charge is -2.21. The summed E-state index contributed by atoms with van der Waals surface area (Å²) in [5.41, 5.74) is 1.09. The van der Waals surface area contributed by atoms with Gasteiger partial charge in [0.15, 0.2) is 0 Å². The van der Waals surface area contributed by atoms with E-state index in [-0.39, 0.29) is 18.5 Å². The van der Waals surface area contributed by atoms with Gasteiger partial charge in [-0.25, -0.2) is 4.79 Å². The van der Waals surface area contributed by atoms with Gasteiger partial charge < -0.3 is 15.4 Å². The molecule has 0 aliphatic carbocycles. The van der Waals surface area contributed by atoms with Gasteiger partial charge in [-0.2, -0.15) is 0 Å². The molecule has 1 fully saturated rings. The zero-order valence-corrected chi connectivity index (χ0v) is 16.5. The highest BCUT2D eigenvalue weighted by Crippen LogP contribution is 2.26. The Labute approximate surface area is 176 Å². The molecule has 3 rings (SSSR count). The number of ether oxygens (including phenoxy) is 1. The van der Waals surface area contributed by atoms with E-state index in [1.807, 2.05) is 30.3 Å². The number of nitrogens with one attached hydrogen (secondary N) is 2. The number of carbonyl (C=O) groups is 3. The third-order valence-corrected chi connectivity index (χ3v) is 4.75. The van der Waals surface area contributed by atoms with Gasteiger partial charge in [-0.1, -0.05) is 30.3 Å². The Balaban J connectivity index is 1.52. The number of nitrogens with zero attached hydrogens (tertiary/aromatic N) is 1. The fourth-order valence-corrected chi connectivity index (χ4v) is 3.23. The van der Waals surface area contributed by atoms with Crippen LogP contribution in [-0.2, 0) is 9.59 Å². The molecule has 31 heavy (non-hydrogen) atoms. The second-order valence-corrected chi connectivity index (χ2v) is 6.96. The Bertz CT molecular complexity index is 949. The highest BCUT2D eigenvalue weighted by atomic mass is 19.4. The van der Waals surface area contributed by atoms with Crippen molar-refractivity contribution in [3.8, 4) is 5.75 Å². The molecule has 164 valence electrons. The Hall–Kier alpha value is -3.56. The first kappa shape index (κ1) is 22.1. The third kappa shape index (κ3) is 5.74. The SMILES string of the molecule is C[C@@H](c1ccccc1)N1C(=O)N[C@H](CCC(=O)Nc2ccc(OC(F)(F)F)cc2)C1=O. The van der Waals surface area contributed by atoms with Gasteiger partial charge in [-0.15, -0.1) is 13.2 Å². The van der Waals surface area contributed by atoms with Crippen LogP contribution in [0.2, 0.25) is 0 Å². The minimum absolute atomic E-state index is 0.0644. The van der Waals surface area contributed by atoms with Gasteiger partial charge in [0.1, 0.15) is 11.8 Å². The van der Waals surface area contributed by atoms with Crippen LogP contribution in [0.15, 0.2) is 54.6 Å². The number of urea groups is 1. The monoisotopic (exact) mass is 435 g/mol. The topological polar surface area (TPSA) is 87.7 Å². The van der Waals surface area contributed by atoms with Crippen LogP contribution in [0.4, 0.5) is 23.7 Å². The summed E-state index contributed by atoms with van der Waals surface area (Å²) >= 11 is 0. The maximum atomic E-state index is 12.7. The molecule has 1 aliphatic heterocycles. The van der Waals surface area contributed by atoms with Crippen LogP contribution in [0.25, 0.3) is 0 Å². The summed E-state index contributed by atoms with van der Waals surface area (Å²) in [5, 5.41) is 5.12. The maximum Gasteiger partial charge on any atom is 0.573 e. The molecule has 2 N–H and O–H groups in total. The van der Waals surface area contributed by atoms with Crippen LogP contribution in [0, 0.1) is 0 Å². The summed E-state index contributed by atoms with van der Waals surface area (Å²) in [4.78, 5) is 38.2. The summed E-state index contributed by atoms with van der Waals surface area (Å²) < 4.78 is 40.3. The average Bonchev–Trinajstić information content (AvgIpc) is 3.00. The number of alkyl halides is 3. The molecule has 7 nitrogen and oxygen atoms in total. The number of anilines is 1. The van der Waals surface area contributed by atoms with Gasteiger partial charge in [0.05, 0.1) is 6.04 Å². The fraction of sp³-hybridized carbons (Fsp3) is 0.286. The Kier molecular flexibility index (Phi) is 6.47. The van der Waals surface area contributed by atoms with Crippen LogP contribution in [0.1, 0.15) is 31.4 Å². The summed E-state index contributed by atoms with van der Waals surface area (Å²) in [7, 11) is 0. The number of halogens is 3. The summed E-state index contributed by atoms with van der Waals surface area (Å²) in [6.07, 6.45) is -4.77. The van der Waals surface area contributed by atoms with Crippen molar-refractivity contribution in [3.05, 3.63) is 60.2 Å². The molecule has 0 spiro atoms.